The Morgan fingerprint density at radius 3 is 2.94 bits per heavy atom. The van der Waals surface area contributed by atoms with Crippen LogP contribution in [0, 0.1) is 13.8 Å². The van der Waals surface area contributed by atoms with Crippen LogP contribution >= 0.6 is 11.6 Å². The summed E-state index contributed by atoms with van der Waals surface area (Å²) in [5, 5.41) is 9.22. The summed E-state index contributed by atoms with van der Waals surface area (Å²) in [6, 6.07) is 13.2. The normalized spacial score (nSPS) is 15.8. The second-order valence-corrected chi connectivity index (χ2v) is 9.08. The number of carbonyl (C=O) groups excluding carboxylic acids is 1. The second-order valence-electron chi connectivity index (χ2n) is 8.65. The van der Waals surface area contributed by atoms with Gasteiger partial charge < -0.3 is 14.8 Å². The third-order valence-electron chi connectivity index (χ3n) is 6.28. The van der Waals surface area contributed by atoms with Crippen LogP contribution in [0.1, 0.15) is 36.2 Å². The Bertz CT molecular complexity index is 1360. The molecule has 0 saturated carbocycles. The fourth-order valence-electron chi connectivity index (χ4n) is 4.47. The summed E-state index contributed by atoms with van der Waals surface area (Å²) in [5.74, 6) is 0.473. The number of fused-ring (bicyclic) bond motifs is 3. The van der Waals surface area contributed by atoms with Gasteiger partial charge in [0.2, 0.25) is 5.91 Å². The third kappa shape index (κ3) is 4.58. The van der Waals surface area contributed by atoms with Crippen molar-refractivity contribution in [3.63, 3.8) is 0 Å². The Kier molecular flexibility index (Phi) is 6.39. The van der Waals surface area contributed by atoms with E-state index in [1.165, 1.54) is 0 Å². The highest BCUT2D eigenvalue weighted by molar-refractivity contribution is 6.31. The number of amides is 1. The molecule has 2 aromatic carbocycles. The lowest BCUT2D eigenvalue weighted by atomic mass is 10.1. The van der Waals surface area contributed by atoms with Gasteiger partial charge in [0.05, 0.1) is 17.3 Å². The Hall–Kier alpha value is -3.16. The Morgan fingerprint density at radius 1 is 1.26 bits per heavy atom. The molecule has 5 rings (SSSR count). The van der Waals surface area contributed by atoms with Crippen LogP contribution in [0.4, 0.5) is 5.69 Å². The standard InChI is InChI=1S/C26H27ClN4O3/c1-16-20(17(2)31-26(28-16)21-7-3-4-8-22(21)30-31)10-12-25(32)29-23-14-18(27)9-11-24(23)34-15-19-6-5-13-33-19/h3-4,7-9,11,14,19H,5-6,10,12-13,15H2,1-2H3,(H,29,32). The van der Waals surface area contributed by atoms with E-state index in [0.717, 1.165) is 52.9 Å². The number of nitrogens with one attached hydrogen (secondary N) is 1. The van der Waals surface area contributed by atoms with Crippen molar-refractivity contribution >= 4 is 39.7 Å². The van der Waals surface area contributed by atoms with Crippen LogP contribution in [0.15, 0.2) is 42.5 Å². The average Bonchev–Trinajstić information content (AvgIpc) is 3.47. The Labute approximate surface area is 203 Å². The molecule has 3 heterocycles. The van der Waals surface area contributed by atoms with Crippen LogP contribution in [0.2, 0.25) is 5.02 Å². The molecule has 34 heavy (non-hydrogen) atoms. The van der Waals surface area contributed by atoms with Gasteiger partial charge in [-0.05, 0) is 69.0 Å². The van der Waals surface area contributed by atoms with Gasteiger partial charge in [-0.2, -0.15) is 5.10 Å². The lowest BCUT2D eigenvalue weighted by Crippen LogP contribution is -2.18. The van der Waals surface area contributed by atoms with Crippen molar-refractivity contribution < 1.29 is 14.3 Å². The van der Waals surface area contributed by atoms with Crippen molar-refractivity contribution in [3.05, 3.63) is 64.4 Å². The molecule has 0 radical (unpaired) electrons. The van der Waals surface area contributed by atoms with Crippen molar-refractivity contribution in [2.24, 2.45) is 0 Å². The first-order valence-electron chi connectivity index (χ1n) is 11.6. The molecular weight excluding hydrogens is 452 g/mol. The smallest absolute Gasteiger partial charge is 0.224 e. The maximum Gasteiger partial charge on any atom is 0.224 e. The third-order valence-corrected chi connectivity index (χ3v) is 6.52. The van der Waals surface area contributed by atoms with E-state index in [2.05, 4.69) is 5.32 Å². The number of aromatic nitrogens is 3. The fourth-order valence-corrected chi connectivity index (χ4v) is 4.65. The number of benzene rings is 2. The number of rotatable bonds is 7. The van der Waals surface area contributed by atoms with Gasteiger partial charge in [-0.25, -0.2) is 9.50 Å². The quantitative estimate of drug-likeness (QED) is 0.391. The highest BCUT2D eigenvalue weighted by atomic mass is 35.5. The first-order valence-corrected chi connectivity index (χ1v) is 11.9. The second kappa shape index (κ2) is 9.60. The largest absolute Gasteiger partial charge is 0.489 e. The summed E-state index contributed by atoms with van der Waals surface area (Å²) in [7, 11) is 0. The van der Waals surface area contributed by atoms with Gasteiger partial charge in [0.25, 0.3) is 0 Å². The molecule has 1 fully saturated rings. The summed E-state index contributed by atoms with van der Waals surface area (Å²) < 4.78 is 13.4. The summed E-state index contributed by atoms with van der Waals surface area (Å²) in [5.41, 5.74) is 5.24. The van der Waals surface area contributed by atoms with Gasteiger partial charge in [-0.15, -0.1) is 0 Å². The highest BCUT2D eigenvalue weighted by Gasteiger charge is 2.18. The van der Waals surface area contributed by atoms with Crippen LogP contribution in [-0.4, -0.2) is 39.8 Å². The molecule has 0 aliphatic carbocycles. The minimum Gasteiger partial charge on any atom is -0.489 e. The van der Waals surface area contributed by atoms with E-state index < -0.39 is 0 Å². The average molecular weight is 479 g/mol. The Morgan fingerprint density at radius 2 is 2.12 bits per heavy atom. The predicted octanol–water partition coefficient (Wildman–Crippen LogP) is 5.28. The zero-order valence-corrected chi connectivity index (χ0v) is 20.1. The summed E-state index contributed by atoms with van der Waals surface area (Å²) >= 11 is 6.18. The van der Waals surface area contributed by atoms with E-state index in [9.17, 15) is 4.79 Å². The van der Waals surface area contributed by atoms with E-state index in [1.807, 2.05) is 42.6 Å². The van der Waals surface area contributed by atoms with Crippen molar-refractivity contribution in [1.29, 1.82) is 0 Å². The molecule has 1 amide bonds. The number of hydrogen-bond donors (Lipinski definition) is 1. The van der Waals surface area contributed by atoms with Gasteiger partial charge in [0, 0.05) is 34.8 Å². The molecule has 1 saturated heterocycles. The van der Waals surface area contributed by atoms with Gasteiger partial charge in [0.1, 0.15) is 12.4 Å². The zero-order chi connectivity index (χ0) is 23.7. The topological polar surface area (TPSA) is 77.8 Å². The molecule has 1 aliphatic rings. The van der Waals surface area contributed by atoms with Crippen LogP contribution in [0.5, 0.6) is 5.75 Å². The zero-order valence-electron chi connectivity index (χ0n) is 19.3. The molecule has 1 unspecified atom stereocenters. The molecular formula is C26H27ClN4O3. The summed E-state index contributed by atoms with van der Waals surface area (Å²) in [6.45, 7) is 5.23. The molecule has 8 heteroatoms. The molecule has 7 nitrogen and oxygen atoms in total. The first kappa shape index (κ1) is 22.6. The summed E-state index contributed by atoms with van der Waals surface area (Å²) in [6.07, 6.45) is 2.97. The van der Waals surface area contributed by atoms with Crippen molar-refractivity contribution in [3.8, 4) is 5.75 Å². The highest BCUT2D eigenvalue weighted by Crippen LogP contribution is 2.29. The van der Waals surface area contributed by atoms with E-state index in [1.54, 1.807) is 18.2 Å². The molecule has 1 atom stereocenters. The van der Waals surface area contributed by atoms with E-state index in [-0.39, 0.29) is 12.0 Å². The maximum absolute atomic E-state index is 12.9. The van der Waals surface area contributed by atoms with Crippen molar-refractivity contribution in [2.45, 2.75) is 45.6 Å². The molecule has 1 aliphatic heterocycles. The van der Waals surface area contributed by atoms with Gasteiger partial charge in [-0.1, -0.05) is 23.7 Å². The van der Waals surface area contributed by atoms with Crippen LogP contribution in [0.25, 0.3) is 16.6 Å². The SMILES string of the molecule is Cc1nc2c3ccccc3nn2c(C)c1CCC(=O)Nc1cc(Cl)ccc1OCC1CCCO1. The number of ether oxygens (including phenoxy) is 2. The van der Waals surface area contributed by atoms with Gasteiger partial charge in [0.15, 0.2) is 5.65 Å². The number of nitrogens with zero attached hydrogens (tertiary/aromatic N) is 3. The molecule has 1 N–H and O–H groups in total. The monoisotopic (exact) mass is 478 g/mol. The molecule has 2 aromatic heterocycles. The Balaban J connectivity index is 1.30. The number of hydrogen-bond acceptors (Lipinski definition) is 5. The molecule has 0 spiro atoms. The molecule has 0 bridgehead atoms. The van der Waals surface area contributed by atoms with E-state index >= 15 is 0 Å². The number of carbonyl (C=O) groups is 1. The minimum absolute atomic E-state index is 0.0894. The lowest BCUT2D eigenvalue weighted by Gasteiger charge is -2.16. The summed E-state index contributed by atoms with van der Waals surface area (Å²) in [4.78, 5) is 17.7. The van der Waals surface area contributed by atoms with E-state index in [0.29, 0.717) is 35.9 Å². The van der Waals surface area contributed by atoms with Crippen LogP contribution in [-0.2, 0) is 16.0 Å². The van der Waals surface area contributed by atoms with Crippen molar-refractivity contribution in [1.82, 2.24) is 14.6 Å². The number of halogens is 1. The van der Waals surface area contributed by atoms with E-state index in [4.69, 9.17) is 31.2 Å². The van der Waals surface area contributed by atoms with Gasteiger partial charge in [-0.3, -0.25) is 4.79 Å². The number of anilines is 1. The van der Waals surface area contributed by atoms with Crippen LogP contribution < -0.4 is 10.1 Å². The molecule has 4 aromatic rings. The van der Waals surface area contributed by atoms with Crippen LogP contribution in [0.3, 0.4) is 0 Å². The predicted molar refractivity (Wildman–Crippen MR) is 133 cm³/mol. The lowest BCUT2D eigenvalue weighted by molar-refractivity contribution is -0.116. The number of aryl methyl sites for hydroxylation is 2. The molecule has 176 valence electrons. The van der Waals surface area contributed by atoms with Crippen molar-refractivity contribution in [2.75, 3.05) is 18.5 Å². The fraction of sp³-hybridized carbons (Fsp3) is 0.346. The van der Waals surface area contributed by atoms with Gasteiger partial charge >= 0.3 is 0 Å². The maximum atomic E-state index is 12.9. The minimum atomic E-state index is -0.117. The first-order chi connectivity index (χ1) is 16.5.